The fourth-order valence-electron chi connectivity index (χ4n) is 1.05. The normalized spacial score (nSPS) is 9.38. The number of hydrogen-bond acceptors (Lipinski definition) is 3. The number of halogens is 1. The van der Waals surface area contributed by atoms with E-state index < -0.39 is 0 Å². The lowest BCUT2D eigenvalue weighted by Crippen LogP contribution is -1.98. The Morgan fingerprint density at radius 2 is 2.23 bits per heavy atom. The molecule has 1 aromatic rings. The molecule has 68 valence electrons. The standard InChI is InChI=1S/C9H9BrN2O/c1-5-3-7(13-2)9(12)6(4-11)8(5)10/h3H,12H2,1-2H3. The smallest absolute Gasteiger partial charge is 0.143 e. The molecule has 0 aliphatic heterocycles. The van der Waals surface area contributed by atoms with Gasteiger partial charge < -0.3 is 10.5 Å². The summed E-state index contributed by atoms with van der Waals surface area (Å²) in [5.74, 6) is 0.539. The molecule has 0 bridgehead atoms. The average Bonchev–Trinajstić information content (AvgIpc) is 2.12. The average molecular weight is 241 g/mol. The summed E-state index contributed by atoms with van der Waals surface area (Å²) in [4.78, 5) is 0. The molecule has 0 amide bonds. The topological polar surface area (TPSA) is 59.0 Å². The first-order valence-corrected chi connectivity index (χ1v) is 4.43. The second-order valence-corrected chi connectivity index (χ2v) is 3.40. The summed E-state index contributed by atoms with van der Waals surface area (Å²) in [6.07, 6.45) is 0. The summed E-state index contributed by atoms with van der Waals surface area (Å²) in [6.45, 7) is 1.88. The van der Waals surface area contributed by atoms with Crippen molar-refractivity contribution in [2.45, 2.75) is 6.92 Å². The van der Waals surface area contributed by atoms with Crippen LogP contribution in [-0.4, -0.2) is 7.11 Å². The number of anilines is 1. The van der Waals surface area contributed by atoms with Crippen LogP contribution in [0.25, 0.3) is 0 Å². The number of nitrogens with two attached hydrogens (primary N) is 1. The molecule has 0 fully saturated rings. The maximum Gasteiger partial charge on any atom is 0.143 e. The molecular formula is C9H9BrN2O. The van der Waals surface area contributed by atoms with Crippen LogP contribution < -0.4 is 10.5 Å². The van der Waals surface area contributed by atoms with Crippen molar-refractivity contribution >= 4 is 21.6 Å². The number of methoxy groups -OCH3 is 1. The highest BCUT2D eigenvalue weighted by Gasteiger charge is 2.11. The molecule has 13 heavy (non-hydrogen) atoms. The first-order chi connectivity index (χ1) is 6.11. The van der Waals surface area contributed by atoms with Crippen LogP contribution in [-0.2, 0) is 0 Å². The summed E-state index contributed by atoms with van der Waals surface area (Å²) >= 11 is 3.30. The molecule has 0 spiro atoms. The summed E-state index contributed by atoms with van der Waals surface area (Å²) in [5.41, 5.74) is 7.43. The maximum absolute atomic E-state index is 8.83. The Kier molecular flexibility index (Phi) is 2.79. The van der Waals surface area contributed by atoms with E-state index in [0.717, 1.165) is 10.0 Å². The third kappa shape index (κ3) is 1.61. The van der Waals surface area contributed by atoms with Gasteiger partial charge in [-0.25, -0.2) is 0 Å². The third-order valence-electron chi connectivity index (χ3n) is 1.78. The van der Waals surface area contributed by atoms with E-state index in [-0.39, 0.29) is 0 Å². The number of rotatable bonds is 1. The van der Waals surface area contributed by atoms with Gasteiger partial charge in [0.2, 0.25) is 0 Å². The van der Waals surface area contributed by atoms with Crippen LogP contribution in [0.1, 0.15) is 11.1 Å². The van der Waals surface area contributed by atoms with Crippen molar-refractivity contribution in [3.63, 3.8) is 0 Å². The van der Waals surface area contributed by atoms with Gasteiger partial charge in [0.1, 0.15) is 11.8 Å². The van der Waals surface area contributed by atoms with Crippen LogP contribution in [0.3, 0.4) is 0 Å². The van der Waals surface area contributed by atoms with Crippen molar-refractivity contribution < 1.29 is 4.74 Å². The van der Waals surface area contributed by atoms with E-state index in [1.807, 2.05) is 13.0 Å². The van der Waals surface area contributed by atoms with Gasteiger partial charge in [-0.2, -0.15) is 5.26 Å². The van der Waals surface area contributed by atoms with Gasteiger partial charge in [-0.1, -0.05) is 0 Å². The van der Waals surface area contributed by atoms with Crippen LogP contribution in [0.2, 0.25) is 0 Å². The molecule has 0 aliphatic rings. The lowest BCUT2D eigenvalue weighted by atomic mass is 10.1. The molecule has 0 unspecified atom stereocenters. The zero-order chi connectivity index (χ0) is 10.0. The molecule has 0 saturated carbocycles. The SMILES string of the molecule is COc1cc(C)c(Br)c(C#N)c1N. The molecule has 0 atom stereocenters. The Bertz CT molecular complexity index is 382. The van der Waals surface area contributed by atoms with E-state index in [2.05, 4.69) is 15.9 Å². The minimum absolute atomic E-state index is 0.377. The van der Waals surface area contributed by atoms with Crippen LogP contribution in [0.5, 0.6) is 5.75 Å². The minimum Gasteiger partial charge on any atom is -0.495 e. The van der Waals surface area contributed by atoms with E-state index in [9.17, 15) is 0 Å². The van der Waals surface area contributed by atoms with Crippen molar-refractivity contribution in [3.05, 3.63) is 21.7 Å². The highest BCUT2D eigenvalue weighted by atomic mass is 79.9. The molecule has 4 heteroatoms. The second kappa shape index (κ2) is 3.67. The first-order valence-electron chi connectivity index (χ1n) is 3.64. The van der Waals surface area contributed by atoms with E-state index >= 15 is 0 Å². The number of ether oxygens (including phenoxy) is 1. The number of benzene rings is 1. The Hall–Kier alpha value is -1.21. The molecule has 1 rings (SSSR count). The van der Waals surface area contributed by atoms with Crippen molar-refractivity contribution in [1.82, 2.24) is 0 Å². The monoisotopic (exact) mass is 240 g/mol. The molecule has 0 saturated heterocycles. The predicted molar refractivity (Wildman–Crippen MR) is 54.6 cm³/mol. The lowest BCUT2D eigenvalue weighted by molar-refractivity contribution is 0.416. The Balaban J connectivity index is 3.50. The zero-order valence-corrected chi connectivity index (χ0v) is 8.97. The fraction of sp³-hybridized carbons (Fsp3) is 0.222. The van der Waals surface area contributed by atoms with E-state index in [1.165, 1.54) is 7.11 Å². The molecular weight excluding hydrogens is 232 g/mol. The number of aryl methyl sites for hydroxylation is 1. The molecule has 3 nitrogen and oxygen atoms in total. The van der Waals surface area contributed by atoms with Gasteiger partial charge in [-0.05, 0) is 34.5 Å². The van der Waals surface area contributed by atoms with Crippen molar-refractivity contribution in [2.75, 3.05) is 12.8 Å². The Labute approximate surface area is 85.2 Å². The quantitative estimate of drug-likeness (QED) is 0.767. The molecule has 0 aliphatic carbocycles. The Morgan fingerprint density at radius 1 is 1.62 bits per heavy atom. The number of hydrogen-bond donors (Lipinski definition) is 1. The van der Waals surface area contributed by atoms with Crippen molar-refractivity contribution in [1.29, 1.82) is 5.26 Å². The number of nitriles is 1. The molecule has 0 radical (unpaired) electrons. The third-order valence-corrected chi connectivity index (χ3v) is 2.80. The van der Waals surface area contributed by atoms with Gasteiger partial charge in [-0.3, -0.25) is 0 Å². The summed E-state index contributed by atoms with van der Waals surface area (Å²) < 4.78 is 5.76. The van der Waals surface area contributed by atoms with Gasteiger partial charge in [0, 0.05) is 4.47 Å². The summed E-state index contributed by atoms with van der Waals surface area (Å²) in [6, 6.07) is 3.82. The van der Waals surface area contributed by atoms with Crippen molar-refractivity contribution in [3.8, 4) is 11.8 Å². The first kappa shape index (κ1) is 9.87. The van der Waals surface area contributed by atoms with Gasteiger partial charge in [0.05, 0.1) is 18.4 Å². The molecule has 0 heterocycles. The largest absolute Gasteiger partial charge is 0.495 e. The van der Waals surface area contributed by atoms with E-state index in [0.29, 0.717) is 17.0 Å². The molecule has 2 N–H and O–H groups in total. The minimum atomic E-state index is 0.377. The van der Waals surface area contributed by atoms with Crippen molar-refractivity contribution in [2.24, 2.45) is 0 Å². The van der Waals surface area contributed by atoms with Gasteiger partial charge in [-0.15, -0.1) is 0 Å². The van der Waals surface area contributed by atoms with E-state index in [4.69, 9.17) is 15.7 Å². The van der Waals surface area contributed by atoms with Gasteiger partial charge >= 0.3 is 0 Å². The second-order valence-electron chi connectivity index (χ2n) is 2.61. The van der Waals surface area contributed by atoms with Crippen LogP contribution in [0, 0.1) is 18.3 Å². The molecule has 0 aromatic heterocycles. The van der Waals surface area contributed by atoms with Crippen LogP contribution in [0.4, 0.5) is 5.69 Å². The van der Waals surface area contributed by atoms with Gasteiger partial charge in [0.25, 0.3) is 0 Å². The van der Waals surface area contributed by atoms with Gasteiger partial charge in [0.15, 0.2) is 0 Å². The van der Waals surface area contributed by atoms with E-state index in [1.54, 1.807) is 6.07 Å². The number of nitrogens with zero attached hydrogens (tertiary/aromatic N) is 1. The highest BCUT2D eigenvalue weighted by Crippen LogP contribution is 2.33. The molecule has 1 aromatic carbocycles. The zero-order valence-electron chi connectivity index (χ0n) is 7.39. The lowest BCUT2D eigenvalue weighted by Gasteiger charge is -2.09. The Morgan fingerprint density at radius 3 is 2.69 bits per heavy atom. The number of nitrogen functional groups attached to an aromatic ring is 1. The highest BCUT2D eigenvalue weighted by molar-refractivity contribution is 9.10. The maximum atomic E-state index is 8.83. The van der Waals surface area contributed by atoms with Crippen LogP contribution in [0.15, 0.2) is 10.5 Å². The summed E-state index contributed by atoms with van der Waals surface area (Å²) in [7, 11) is 1.53. The summed E-state index contributed by atoms with van der Waals surface area (Å²) in [5, 5.41) is 8.83. The predicted octanol–water partition coefficient (Wildman–Crippen LogP) is 2.22. The fourth-order valence-corrected chi connectivity index (χ4v) is 1.47. The van der Waals surface area contributed by atoms with Crippen LogP contribution >= 0.6 is 15.9 Å².